The van der Waals surface area contributed by atoms with Gasteiger partial charge < -0.3 is 5.53 Å². The number of nitrogens with zero attached hydrogens (tertiary/aromatic N) is 2. The van der Waals surface area contributed by atoms with E-state index >= 15 is 0 Å². The summed E-state index contributed by atoms with van der Waals surface area (Å²) in [7, 11) is 0. The third-order valence-corrected chi connectivity index (χ3v) is 24.6. The van der Waals surface area contributed by atoms with E-state index in [0.717, 1.165) is 61.0 Å². The molecule has 0 bridgehead atoms. The molecule has 1 aliphatic rings. The van der Waals surface area contributed by atoms with Crippen LogP contribution in [0.2, 0.25) is 10.8 Å². The molecule has 618 valence electrons. The molecule has 0 saturated heterocycles. The molecule has 0 unspecified atom stereocenters. The van der Waals surface area contributed by atoms with E-state index in [9.17, 15) is 5.53 Å². The Morgan fingerprint density at radius 1 is 0.224 bits per heavy atom. The first-order chi connectivity index (χ1) is 53.2. The fraction of sp³-hybridized carbons (Fsp3) is 0.808. The smallest absolute Gasteiger partial charge is 0.0654 e. The summed E-state index contributed by atoms with van der Waals surface area (Å²) in [6.45, 7) is 9.21. The van der Waals surface area contributed by atoms with Gasteiger partial charge in [0.25, 0.3) is 0 Å². The summed E-state index contributed by atoms with van der Waals surface area (Å²) in [6, 6.07) is 16.9. The van der Waals surface area contributed by atoms with Gasteiger partial charge >= 0.3 is 166 Å². The van der Waals surface area contributed by atoms with Gasteiger partial charge in [0.05, 0.1) is 0 Å². The predicted molar refractivity (Wildman–Crippen MR) is 479 cm³/mol. The maximum atomic E-state index is 11.5. The number of hydrogen-bond donors (Lipinski definition) is 0. The first kappa shape index (κ1) is 100. The van der Waals surface area contributed by atoms with Crippen LogP contribution in [0.25, 0.3) is 16.9 Å². The molecule has 0 N–H and O–H groups in total. The van der Waals surface area contributed by atoms with E-state index in [2.05, 4.69) is 126 Å². The Bertz CT molecular complexity index is 2210. The van der Waals surface area contributed by atoms with Crippen LogP contribution in [0, 0.1) is 23.7 Å². The molecule has 0 saturated carbocycles. The molecule has 3 heteroatoms. The van der Waals surface area contributed by atoms with Crippen LogP contribution in [0.1, 0.15) is 538 Å². The summed E-state index contributed by atoms with van der Waals surface area (Å²) >= 11 is 2.05. The number of allylic oxidation sites excluding steroid dienone is 2. The molecule has 0 radical (unpaired) electrons. The van der Waals surface area contributed by atoms with Gasteiger partial charge in [0.1, 0.15) is 0 Å². The Hall–Kier alpha value is -2.87. The monoisotopic (exact) mass is 1520 g/mol. The third-order valence-electron chi connectivity index (χ3n) is 23.2. The number of rotatable bonds is 80. The Labute approximate surface area is 677 Å². The Kier molecular flexibility index (Phi) is 78.7. The normalized spacial score (nSPS) is 12.0. The quantitative estimate of drug-likeness (QED) is 0.0273. The average molecular weight is 1520 g/mol. The van der Waals surface area contributed by atoms with Crippen molar-refractivity contribution in [1.29, 1.82) is 0 Å². The van der Waals surface area contributed by atoms with Crippen molar-refractivity contribution < 1.29 is 19.1 Å². The van der Waals surface area contributed by atoms with Crippen molar-refractivity contribution in [1.82, 2.24) is 0 Å². The van der Waals surface area contributed by atoms with Crippen molar-refractivity contribution in [3.05, 3.63) is 88.5 Å². The second-order valence-corrected chi connectivity index (χ2v) is 34.9. The topological polar surface area (TPSA) is 25.3 Å². The minimum atomic E-state index is 0.836. The fourth-order valence-corrected chi connectivity index (χ4v) is 17.2. The third kappa shape index (κ3) is 66.3. The van der Waals surface area contributed by atoms with E-state index in [1.54, 1.807) is 0 Å². The molecule has 0 atom stereocenters. The second-order valence-electron chi connectivity index (χ2n) is 33.5. The zero-order chi connectivity index (χ0) is 76.2. The number of aryl methyl sites for hydroxylation is 2. The summed E-state index contributed by atoms with van der Waals surface area (Å²) in [5.74, 6) is 13.7. The number of unbranched alkanes of at least 4 members (excludes halogenated alkanes) is 70. The molecule has 0 amide bonds. The molecule has 0 fully saturated rings. The van der Waals surface area contributed by atoms with Crippen molar-refractivity contribution in [2.24, 2.45) is 0 Å². The Balaban J connectivity index is 0.000000731. The van der Waals surface area contributed by atoms with E-state index in [1.807, 2.05) is 0 Å². The average Bonchev–Trinajstić information content (AvgIpc) is 1.67. The second kappa shape index (κ2) is 84.1. The van der Waals surface area contributed by atoms with Gasteiger partial charge in [-0.05, 0) is 48.9 Å². The van der Waals surface area contributed by atoms with Gasteiger partial charge in [-0.3, -0.25) is 0 Å². The van der Waals surface area contributed by atoms with Crippen molar-refractivity contribution in [2.45, 2.75) is 539 Å². The van der Waals surface area contributed by atoms with E-state index in [-0.39, 0.29) is 0 Å². The molecule has 0 aliphatic carbocycles. The van der Waals surface area contributed by atoms with Crippen molar-refractivity contribution in [3.8, 4) is 23.7 Å². The van der Waals surface area contributed by atoms with Crippen molar-refractivity contribution in [3.63, 3.8) is 0 Å². The Morgan fingerprint density at radius 2 is 0.402 bits per heavy atom. The minimum Gasteiger partial charge on any atom is -0.0654 e. The zero-order valence-corrected chi connectivity index (χ0v) is 73.5. The molecule has 3 rings (SSSR count). The molecule has 0 spiro atoms. The molecule has 1 aliphatic heterocycles. The van der Waals surface area contributed by atoms with E-state index in [1.165, 1.54) is 489 Å². The molecule has 107 heavy (non-hydrogen) atoms. The van der Waals surface area contributed by atoms with Gasteiger partial charge in [-0.1, -0.05) is 372 Å². The van der Waals surface area contributed by atoms with Crippen LogP contribution in [0.4, 0.5) is 0 Å². The van der Waals surface area contributed by atoms with Crippen LogP contribution >= 0.6 is 0 Å². The molecule has 0 aromatic heterocycles. The minimum absolute atomic E-state index is 0.836. The van der Waals surface area contributed by atoms with Crippen LogP contribution in [0.5, 0.6) is 0 Å². The van der Waals surface area contributed by atoms with Crippen LogP contribution in [0.15, 0.2) is 60.7 Å². The van der Waals surface area contributed by atoms with Crippen LogP contribution in [-0.4, -0.2) is 4.70 Å². The van der Waals surface area contributed by atoms with Gasteiger partial charge in [-0.2, -0.15) is 0 Å². The fourth-order valence-electron chi connectivity index (χ4n) is 16.0. The van der Waals surface area contributed by atoms with Gasteiger partial charge in [-0.15, -0.1) is 23.7 Å². The van der Waals surface area contributed by atoms with E-state index in [0.29, 0.717) is 0 Å². The summed E-state index contributed by atoms with van der Waals surface area (Å²) in [4.78, 5) is 0. The summed E-state index contributed by atoms with van der Waals surface area (Å²) in [5.41, 5.74) is 17.8. The first-order valence-electron chi connectivity index (χ1n) is 48.6. The van der Waals surface area contributed by atoms with Crippen LogP contribution in [-0.2, 0) is 27.3 Å². The standard InChI is InChI=1S/C54H80N2.2C25H51.Ni/c1-3-5-7-9-11-13-15-17-19-21-23-25-27-29-31-33-35-41-49-43-37-39-45-51(49)53-47-48-54(56(53)55)52-46-40-38-44-50(52)42-36-34-32-30-28-26-24-22-20-18-16-14-12-10-8-6-4-2;2*1-3-5-7-9-11-13-15-17-19-21-23-25-24-22-20-18-16-14-12-10-8-6-4-2;/h37-40,43-48H,3-30,35-36,41-42H2,1-2H3;2*1,3-25H2,2H3;. The number of benzene rings is 2. The van der Waals surface area contributed by atoms with Gasteiger partial charge in [0, 0.05) is 49.0 Å². The molecular formula is C104H182N2Ni. The molecule has 2 nitrogen and oxygen atoms in total. The van der Waals surface area contributed by atoms with E-state index in [4.69, 9.17) is 0 Å². The predicted octanol–water partition coefficient (Wildman–Crippen LogP) is 36.8. The maximum absolute atomic E-state index is 11.5. The SMILES string of the molecule is CCCCCCCCCCCCCCCC#CCCc1ccccc1C1=CC=C(c2ccccc2CCC#CCCCCCCCCCCCCCCC)[N+]1=[N-].CCCCCCCCCCCCCCCCCCCCCCCC[CH2][Ni][CH2]CCCCCCCCCCCCCCCCCCCCCCCC. The summed E-state index contributed by atoms with van der Waals surface area (Å²) in [5, 5.41) is 2.87. The van der Waals surface area contributed by atoms with E-state index < -0.39 is 0 Å². The van der Waals surface area contributed by atoms with Gasteiger partial charge in [-0.25, -0.2) is 4.70 Å². The summed E-state index contributed by atoms with van der Waals surface area (Å²) in [6.07, 6.45) is 114. The van der Waals surface area contributed by atoms with Crippen LogP contribution < -0.4 is 0 Å². The number of hydrogen-bond acceptors (Lipinski definition) is 0. The Morgan fingerprint density at radius 3 is 0.617 bits per heavy atom. The van der Waals surface area contributed by atoms with Crippen molar-refractivity contribution in [2.75, 3.05) is 0 Å². The molecule has 2 aromatic rings. The van der Waals surface area contributed by atoms with Crippen molar-refractivity contribution >= 4 is 11.4 Å². The molecule has 2 aromatic carbocycles. The molecular weight excluding hydrogens is 1340 g/mol. The van der Waals surface area contributed by atoms with Gasteiger partial charge in [0.2, 0.25) is 11.4 Å². The zero-order valence-electron chi connectivity index (χ0n) is 72.6. The van der Waals surface area contributed by atoms with Gasteiger partial charge in [0.15, 0.2) is 0 Å². The first-order valence-corrected chi connectivity index (χ1v) is 50.0. The molecule has 1 heterocycles. The summed E-state index contributed by atoms with van der Waals surface area (Å²) < 4.78 is 1.39. The van der Waals surface area contributed by atoms with Crippen LogP contribution in [0.3, 0.4) is 0 Å².